The maximum atomic E-state index is 14.4. The summed E-state index contributed by atoms with van der Waals surface area (Å²) in [5.41, 5.74) is 5.11. The minimum absolute atomic E-state index is 0.0109. The minimum atomic E-state index is -3.45. The maximum Gasteiger partial charge on any atom is 0.224 e. The van der Waals surface area contributed by atoms with Crippen molar-refractivity contribution in [2.75, 3.05) is 56.8 Å². The Kier molecular flexibility index (Phi) is 11.5. The molecule has 0 radical (unpaired) electrons. The van der Waals surface area contributed by atoms with Gasteiger partial charge in [-0.15, -0.1) is 0 Å². The number of hydrogen-bond acceptors (Lipinski definition) is 11. The number of nitrogens with one attached hydrogen (secondary N) is 2. The first-order valence-electron chi connectivity index (χ1n) is 13.0. The normalized spacial score (nSPS) is 14.9. The number of benzene rings is 1. The van der Waals surface area contributed by atoms with Crippen molar-refractivity contribution in [2.45, 2.75) is 44.2 Å². The highest BCUT2D eigenvalue weighted by Gasteiger charge is 2.29. The first-order chi connectivity index (χ1) is 19.1. The lowest BCUT2D eigenvalue weighted by atomic mass is 10.0. The highest BCUT2D eigenvalue weighted by atomic mass is 32.2. The molecule has 40 heavy (non-hydrogen) atoms. The number of piperidine rings is 1. The topological polar surface area (TPSA) is 180 Å². The Labute approximate surface area is 232 Å². The molecule has 222 valence electrons. The molecule has 3 rings (SSSR count). The number of halogens is 2. The van der Waals surface area contributed by atoms with E-state index in [4.69, 9.17) is 20.7 Å². The van der Waals surface area contributed by atoms with E-state index in [0.717, 1.165) is 18.3 Å². The summed E-state index contributed by atoms with van der Waals surface area (Å²) in [4.78, 5) is 21.1. The van der Waals surface area contributed by atoms with Crippen LogP contribution in [0, 0.1) is 11.6 Å². The van der Waals surface area contributed by atoms with Gasteiger partial charge in [0.05, 0.1) is 18.4 Å². The average Bonchev–Trinajstić information content (AvgIpc) is 2.93. The smallest absolute Gasteiger partial charge is 0.224 e. The number of nitrogen functional groups attached to an aromatic ring is 1. The van der Waals surface area contributed by atoms with Crippen LogP contribution in [-0.4, -0.2) is 96.5 Å². The number of aliphatic hydroxyl groups excluding tert-OH is 2. The Morgan fingerprint density at radius 3 is 2.50 bits per heavy atom. The summed E-state index contributed by atoms with van der Waals surface area (Å²) in [5.74, 6) is -3.79. The van der Waals surface area contributed by atoms with Crippen LogP contribution in [0.2, 0.25) is 0 Å². The molecular formula is C25H36F2N6O6S. The molecule has 0 unspecified atom stereocenters. The van der Waals surface area contributed by atoms with Crippen molar-refractivity contribution in [3.05, 3.63) is 41.1 Å². The van der Waals surface area contributed by atoms with Gasteiger partial charge < -0.3 is 31.3 Å². The molecule has 0 bridgehead atoms. The number of hydrogen-bond donors (Lipinski definition) is 5. The van der Waals surface area contributed by atoms with Gasteiger partial charge in [-0.2, -0.15) is 4.98 Å². The number of carbonyl (C=O) groups excluding carboxylic acids is 1. The molecule has 1 aromatic carbocycles. The van der Waals surface area contributed by atoms with Crippen LogP contribution in [0.3, 0.4) is 0 Å². The number of ketones is 1. The van der Waals surface area contributed by atoms with Crippen LogP contribution in [0.15, 0.2) is 18.3 Å². The molecule has 1 saturated heterocycles. The van der Waals surface area contributed by atoms with Crippen molar-refractivity contribution >= 4 is 27.6 Å². The molecule has 1 aromatic heterocycles. The molecule has 0 saturated carbocycles. The number of carbonyl (C=O) groups is 1. The average molecular weight is 587 g/mol. The lowest BCUT2D eigenvalue weighted by Gasteiger charge is -2.31. The van der Waals surface area contributed by atoms with E-state index in [1.54, 1.807) is 0 Å². The van der Waals surface area contributed by atoms with Crippen molar-refractivity contribution in [1.29, 1.82) is 0 Å². The quantitative estimate of drug-likeness (QED) is 0.148. The van der Waals surface area contributed by atoms with Crippen LogP contribution >= 0.6 is 0 Å². The molecule has 0 atom stereocenters. The van der Waals surface area contributed by atoms with Crippen LogP contribution in [0.25, 0.3) is 0 Å². The van der Waals surface area contributed by atoms with Crippen LogP contribution in [-0.2, 0) is 10.0 Å². The van der Waals surface area contributed by atoms with Crippen LogP contribution < -0.4 is 21.1 Å². The van der Waals surface area contributed by atoms with Crippen molar-refractivity contribution in [3.8, 4) is 5.75 Å². The third kappa shape index (κ3) is 8.04. The molecule has 1 aliphatic heterocycles. The third-order valence-corrected chi connectivity index (χ3v) is 8.67. The Morgan fingerprint density at radius 2 is 1.90 bits per heavy atom. The van der Waals surface area contributed by atoms with Gasteiger partial charge in [-0.1, -0.05) is 0 Å². The Hall–Kier alpha value is -2.98. The number of nitrogens with zero attached hydrogens (tertiary/aromatic N) is 3. The fourth-order valence-electron chi connectivity index (χ4n) is 4.50. The fourth-order valence-corrected chi connectivity index (χ4v) is 6.03. The molecule has 2 aromatic rings. The van der Waals surface area contributed by atoms with Crippen molar-refractivity contribution in [1.82, 2.24) is 19.6 Å². The molecule has 6 N–H and O–H groups in total. The van der Waals surface area contributed by atoms with Crippen LogP contribution in [0.1, 0.15) is 48.0 Å². The second-order valence-corrected chi connectivity index (χ2v) is 11.5. The third-order valence-electron chi connectivity index (χ3n) is 6.71. The van der Waals surface area contributed by atoms with E-state index in [0.29, 0.717) is 51.7 Å². The van der Waals surface area contributed by atoms with Gasteiger partial charge in [0.15, 0.2) is 11.6 Å². The van der Waals surface area contributed by atoms with Gasteiger partial charge >= 0.3 is 0 Å². The van der Waals surface area contributed by atoms with Crippen molar-refractivity contribution in [2.24, 2.45) is 0 Å². The number of sulfonamides is 1. The van der Waals surface area contributed by atoms with E-state index in [-0.39, 0.29) is 54.1 Å². The van der Waals surface area contributed by atoms with E-state index in [9.17, 15) is 22.0 Å². The zero-order chi connectivity index (χ0) is 29.3. The monoisotopic (exact) mass is 586 g/mol. The number of ether oxygens (including phenoxy) is 1. The summed E-state index contributed by atoms with van der Waals surface area (Å²) in [7, 11) is -2.23. The van der Waals surface area contributed by atoms with Crippen molar-refractivity contribution in [3.63, 3.8) is 0 Å². The Morgan fingerprint density at radius 1 is 1.23 bits per heavy atom. The van der Waals surface area contributed by atoms with Crippen LogP contribution in [0.4, 0.5) is 20.5 Å². The summed E-state index contributed by atoms with van der Waals surface area (Å²) >= 11 is 0. The molecule has 2 heterocycles. The first kappa shape index (κ1) is 31.5. The maximum absolute atomic E-state index is 14.4. The van der Waals surface area contributed by atoms with E-state index >= 15 is 0 Å². The number of rotatable bonds is 15. The van der Waals surface area contributed by atoms with Gasteiger partial charge in [0, 0.05) is 44.6 Å². The highest BCUT2D eigenvalue weighted by molar-refractivity contribution is 7.89. The largest absolute Gasteiger partial charge is 0.496 e. The number of nitrogens with two attached hydrogens (primary N) is 1. The SMILES string of the molecule is COc1ccc(F)c(F)c1C(=O)c1cnc(NC2CCN(S(=O)(=O)CCCNC(CCO)CCO)CC2)nc1N. The zero-order valence-corrected chi connectivity index (χ0v) is 23.1. The van der Waals surface area contributed by atoms with E-state index < -0.39 is 33.0 Å². The standard InChI is InChI=1S/C25H36F2N6O6S/c1-39-20-4-3-19(26)22(27)21(20)23(36)18-15-30-25(32-24(18)28)31-17-5-10-33(11-6-17)40(37,38)14-2-9-29-16(7-12-34)8-13-35/h3-4,15-17,29,34-35H,2,5-14H2,1H3,(H3,28,30,31,32). The zero-order valence-electron chi connectivity index (χ0n) is 22.3. The van der Waals surface area contributed by atoms with Gasteiger partial charge in [0.2, 0.25) is 21.8 Å². The van der Waals surface area contributed by atoms with E-state index in [1.807, 2.05) is 0 Å². The number of aromatic nitrogens is 2. The summed E-state index contributed by atoms with van der Waals surface area (Å²) < 4.78 is 60.1. The lowest BCUT2D eigenvalue weighted by molar-refractivity contribution is 0.103. The van der Waals surface area contributed by atoms with Gasteiger partial charge in [0.25, 0.3) is 0 Å². The molecule has 12 nitrogen and oxygen atoms in total. The number of aliphatic hydroxyl groups is 2. The van der Waals surface area contributed by atoms with Crippen LogP contribution in [0.5, 0.6) is 5.75 Å². The first-order valence-corrected chi connectivity index (χ1v) is 14.6. The molecule has 15 heteroatoms. The van der Waals surface area contributed by atoms with Gasteiger partial charge in [0.1, 0.15) is 17.1 Å². The molecule has 1 aliphatic rings. The minimum Gasteiger partial charge on any atom is -0.496 e. The molecule has 0 spiro atoms. The summed E-state index contributed by atoms with van der Waals surface area (Å²) in [6.45, 7) is 1.04. The lowest BCUT2D eigenvalue weighted by Crippen LogP contribution is -2.43. The molecule has 0 aliphatic carbocycles. The summed E-state index contributed by atoms with van der Waals surface area (Å²) in [6.07, 6.45) is 3.48. The van der Waals surface area contributed by atoms with Crippen molar-refractivity contribution < 1.29 is 36.9 Å². The second kappa shape index (κ2) is 14.6. The van der Waals surface area contributed by atoms with E-state index in [1.165, 1.54) is 11.4 Å². The molecule has 1 fully saturated rings. The Bertz CT molecular complexity index is 1250. The summed E-state index contributed by atoms with van der Waals surface area (Å²) in [5, 5.41) is 24.4. The van der Waals surface area contributed by atoms with Gasteiger partial charge in [-0.3, -0.25) is 4.79 Å². The number of anilines is 2. The number of methoxy groups -OCH3 is 1. The highest BCUT2D eigenvalue weighted by Crippen LogP contribution is 2.28. The van der Waals surface area contributed by atoms with Gasteiger partial charge in [-0.05, 0) is 50.8 Å². The van der Waals surface area contributed by atoms with E-state index in [2.05, 4.69) is 20.6 Å². The Balaban J connectivity index is 1.53. The second-order valence-electron chi connectivity index (χ2n) is 9.42. The predicted octanol–water partition coefficient (Wildman–Crippen LogP) is 0.896. The molecule has 0 amide bonds. The predicted molar refractivity (Wildman–Crippen MR) is 145 cm³/mol. The molecular weight excluding hydrogens is 550 g/mol. The fraction of sp³-hybridized carbons (Fsp3) is 0.560. The van der Waals surface area contributed by atoms with Gasteiger partial charge in [-0.25, -0.2) is 26.5 Å². The summed E-state index contributed by atoms with van der Waals surface area (Å²) in [6, 6.07) is 1.78.